The molecule has 0 aliphatic carbocycles. The van der Waals surface area contributed by atoms with Crippen molar-refractivity contribution >= 4 is 106 Å². The Labute approximate surface area is 694 Å². The quantitative estimate of drug-likeness (QED) is 0.0326. The minimum Gasteiger partial charge on any atom is -0.508 e. The predicted molar refractivity (Wildman–Crippen MR) is 425 cm³/mol. The molecule has 42 heteroatoms. The van der Waals surface area contributed by atoms with Gasteiger partial charge in [0.05, 0.1) is 38.4 Å². The van der Waals surface area contributed by atoms with Gasteiger partial charge in [-0.05, 0) is 119 Å². The molecule has 4 aromatic rings. The van der Waals surface area contributed by atoms with E-state index in [2.05, 4.69) is 79.1 Å². The van der Waals surface area contributed by atoms with Crippen LogP contribution in [-0.2, 0) is 112 Å². The van der Waals surface area contributed by atoms with Gasteiger partial charge in [-0.15, -0.1) is 0 Å². The average molecular weight is 1690 g/mol. The zero-order valence-corrected chi connectivity index (χ0v) is 67.3. The van der Waals surface area contributed by atoms with Crippen LogP contribution in [0.15, 0.2) is 91.4 Å². The van der Waals surface area contributed by atoms with Gasteiger partial charge >= 0.3 is 11.9 Å². The highest BCUT2D eigenvalue weighted by atomic mass is 16.4. The number of aromatic amines is 1. The van der Waals surface area contributed by atoms with Crippen LogP contribution in [0.25, 0.3) is 0 Å². The van der Waals surface area contributed by atoms with E-state index in [0.29, 0.717) is 23.2 Å². The molecule has 42 nitrogen and oxygen atoms in total. The number of rotatable bonds is 22. The number of imidazole rings is 1. The maximum absolute atomic E-state index is 15.1. The molecular weight excluding hydrogens is 1580 g/mol. The number of phenols is 2. The third-order valence-corrected chi connectivity index (χ3v) is 20.6. The third kappa shape index (κ3) is 29.4. The molecule has 4 heterocycles. The predicted octanol–water partition coefficient (Wildman–Crippen LogP) is -5.56. The number of carbonyl (C=O) groups is 18. The van der Waals surface area contributed by atoms with Crippen molar-refractivity contribution in [3.63, 3.8) is 0 Å². The van der Waals surface area contributed by atoms with Gasteiger partial charge in [0.2, 0.25) is 94.5 Å². The van der Waals surface area contributed by atoms with Crippen LogP contribution >= 0.6 is 0 Å². The first kappa shape index (κ1) is 95.0. The molecule has 121 heavy (non-hydrogen) atoms. The number of aromatic nitrogens is 2. The Hall–Kier alpha value is -13.2. The first-order valence-corrected chi connectivity index (χ1v) is 39.7. The minimum absolute atomic E-state index is 0.0425. The fourth-order valence-corrected chi connectivity index (χ4v) is 13.8. The van der Waals surface area contributed by atoms with E-state index in [1.165, 1.54) is 72.9 Å². The molecule has 0 spiro atoms. The van der Waals surface area contributed by atoms with Gasteiger partial charge in [-0.25, -0.2) is 4.98 Å². The molecule has 3 aliphatic rings. The van der Waals surface area contributed by atoms with Crippen LogP contribution in [0.5, 0.6) is 11.5 Å². The molecule has 3 aromatic carbocycles. The lowest BCUT2D eigenvalue weighted by molar-refractivity contribution is -0.146. The van der Waals surface area contributed by atoms with Crippen LogP contribution < -0.4 is 80.6 Å². The Balaban J connectivity index is 1.24. The standard InChI is InChI=1S/C79H107N19O23/c1-5-41(2)65-76(118)83-39-62(104)88-52(32-45-18-22-48(100)23-19-45)71(113)91-55(35-63(105)106)72(114)89-51(26-27-60(81)102)69(111)94-57(36-64(107)108)79(121)98-30-12-17-59(98)75(117)96-66(43(4)99)77(119)84-38-61(103)87-50(15-9-10-28-80)68(110)93-56(33-46-20-24-49(101)25-21-46)78(120)97-29-11-16-58(97)74(116)92-54(34-47-37-82-40-85-47)70(112)86-42(3)67(109)90-53(73(115)95-65)31-44-13-7-6-8-14-44/h6-8,13-14,18-25,37,40-43,50-59,65-66,99-101H,5,9-12,15-17,26-36,38-39,80H2,1-4H3,(H2,81,102)(H,82,85)(H,83,118)(H,84,119)(H,86,112)(H,87,103)(H,88,104)(H,89,114)(H,90,109)(H,91,113)(H,92,116)(H,93,110)(H,94,111)(H,95,115)(H,96,117)(H,105,106)(H,107,108)/t41-,42-,43+,50-,51-,52-,53-,54+,55-,56-,57-,58-,59-,65-,66-/m0/s1. The zero-order valence-electron chi connectivity index (χ0n) is 67.3. The molecule has 3 aliphatic heterocycles. The minimum atomic E-state index is -2.16. The Morgan fingerprint density at radius 3 is 1.43 bits per heavy atom. The van der Waals surface area contributed by atoms with Crippen LogP contribution in [0.4, 0.5) is 0 Å². The number of benzene rings is 3. The van der Waals surface area contributed by atoms with Gasteiger partial charge in [-0.3, -0.25) is 86.3 Å². The summed E-state index contributed by atoms with van der Waals surface area (Å²) < 4.78 is 0. The molecule has 1 aromatic heterocycles. The normalized spacial score (nSPS) is 25.1. The number of carboxylic acids is 2. The second kappa shape index (κ2) is 46.3. The van der Waals surface area contributed by atoms with E-state index in [4.69, 9.17) is 11.5 Å². The van der Waals surface area contributed by atoms with E-state index in [-0.39, 0.29) is 101 Å². The lowest BCUT2D eigenvalue weighted by Crippen LogP contribution is -2.61. The summed E-state index contributed by atoms with van der Waals surface area (Å²) >= 11 is 0. The molecule has 0 saturated carbocycles. The van der Waals surface area contributed by atoms with Crippen molar-refractivity contribution in [3.05, 3.63) is 114 Å². The second-order valence-corrected chi connectivity index (χ2v) is 29.9. The van der Waals surface area contributed by atoms with Crippen LogP contribution in [0, 0.1) is 5.92 Å². The summed E-state index contributed by atoms with van der Waals surface area (Å²) in [4.78, 5) is 263. The summed E-state index contributed by atoms with van der Waals surface area (Å²) in [6, 6.07) is -2.51. The number of primary amides is 1. The van der Waals surface area contributed by atoms with E-state index in [1.807, 2.05) is 0 Å². The summed E-state index contributed by atoms with van der Waals surface area (Å²) in [5.41, 5.74) is 12.8. The van der Waals surface area contributed by atoms with E-state index in [1.54, 1.807) is 44.2 Å². The summed E-state index contributed by atoms with van der Waals surface area (Å²) in [7, 11) is 0. The van der Waals surface area contributed by atoms with E-state index in [0.717, 1.165) is 11.8 Å². The highest BCUT2D eigenvalue weighted by Gasteiger charge is 2.44. The number of aliphatic carboxylic acids is 2. The number of carbonyl (C=O) groups excluding carboxylic acids is 16. The average Bonchev–Trinajstić information content (AvgIpc) is 1.72. The van der Waals surface area contributed by atoms with Crippen LogP contribution in [0.1, 0.15) is 127 Å². The van der Waals surface area contributed by atoms with E-state index in [9.17, 15) is 107 Å². The number of fused-ring (bicyclic) bond motifs is 2. The summed E-state index contributed by atoms with van der Waals surface area (Å²) in [5, 5.41) is 83.4. The van der Waals surface area contributed by atoms with Crippen molar-refractivity contribution in [1.29, 1.82) is 0 Å². The molecule has 7 rings (SSSR count). The van der Waals surface area contributed by atoms with Crippen molar-refractivity contribution in [2.24, 2.45) is 17.4 Å². The van der Waals surface area contributed by atoms with Gasteiger partial charge in [0.15, 0.2) is 0 Å². The number of aliphatic hydroxyl groups is 1. The number of nitrogens with two attached hydrogens (primary N) is 2. The number of amides is 16. The number of phenolic OH excluding ortho intramolecular Hbond substituents is 2. The molecule has 15 atom stereocenters. The maximum Gasteiger partial charge on any atom is 0.305 e. The number of hydrogen-bond donors (Lipinski definition) is 21. The molecule has 3 fully saturated rings. The number of hydrogen-bond acceptors (Lipinski definition) is 23. The second-order valence-electron chi connectivity index (χ2n) is 29.9. The molecule has 16 amide bonds. The molecular formula is C79H107N19O23. The van der Waals surface area contributed by atoms with E-state index >= 15 is 4.79 Å². The van der Waals surface area contributed by atoms with Crippen LogP contribution in [0.2, 0.25) is 0 Å². The molecule has 3 saturated heterocycles. The Morgan fingerprint density at radius 1 is 0.479 bits per heavy atom. The smallest absolute Gasteiger partial charge is 0.305 e. The Morgan fingerprint density at radius 2 is 0.901 bits per heavy atom. The monoisotopic (exact) mass is 1690 g/mol. The van der Waals surface area contributed by atoms with Crippen molar-refractivity contribution in [2.45, 2.75) is 215 Å². The number of unbranched alkanes of at least 4 members (excludes halogenated alkanes) is 1. The van der Waals surface area contributed by atoms with E-state index < -0.39 is 242 Å². The largest absolute Gasteiger partial charge is 0.508 e. The highest BCUT2D eigenvalue weighted by molar-refractivity contribution is 6.02. The number of nitrogens with one attached hydrogen (secondary N) is 14. The summed E-state index contributed by atoms with van der Waals surface area (Å²) in [6.45, 7) is 3.67. The number of aliphatic hydroxyl groups excluding tert-OH is 1. The Bertz CT molecular complexity index is 4350. The van der Waals surface area contributed by atoms with Crippen molar-refractivity contribution in [2.75, 3.05) is 32.7 Å². The summed E-state index contributed by atoms with van der Waals surface area (Å²) in [6.07, 6.45) is -3.18. The topological polar surface area (TPSA) is 652 Å². The highest BCUT2D eigenvalue weighted by Crippen LogP contribution is 2.24. The van der Waals surface area contributed by atoms with Gasteiger partial charge in [0.1, 0.15) is 90.0 Å². The Kier molecular flexibility index (Phi) is 36.3. The fraction of sp³-hybridized carbons (Fsp3) is 0.506. The van der Waals surface area contributed by atoms with Gasteiger partial charge in [0.25, 0.3) is 0 Å². The molecule has 23 N–H and O–H groups in total. The van der Waals surface area contributed by atoms with Crippen molar-refractivity contribution in [3.8, 4) is 11.5 Å². The number of nitrogens with zero attached hydrogens (tertiary/aromatic N) is 3. The molecule has 0 unspecified atom stereocenters. The van der Waals surface area contributed by atoms with Crippen LogP contribution in [0.3, 0.4) is 0 Å². The number of H-pyrrole nitrogens is 1. The molecule has 0 radical (unpaired) electrons. The van der Waals surface area contributed by atoms with Crippen LogP contribution in [-0.4, -0.2) is 269 Å². The lowest BCUT2D eigenvalue weighted by Gasteiger charge is -2.31. The molecule has 656 valence electrons. The molecule has 0 bridgehead atoms. The number of aromatic hydroxyl groups is 2. The first-order valence-electron chi connectivity index (χ1n) is 39.7. The fourth-order valence-electron chi connectivity index (χ4n) is 13.8. The third-order valence-electron chi connectivity index (χ3n) is 20.6. The summed E-state index contributed by atoms with van der Waals surface area (Å²) in [5.74, 6) is -21.5. The van der Waals surface area contributed by atoms with Gasteiger partial charge < -0.3 is 121 Å². The number of carboxylic acid groups (broad SMARTS) is 2. The SMILES string of the molecule is CC[C@H](C)[C@@H]1NC(=O)[C@H](Cc2ccccc2)NC(=O)[C@H](C)NC(=O)[C@@H](Cc2cnc[nH]2)NC(=O)[C@@H]2CCCN2C(=O)[C@H](Cc2ccc(O)cc2)NC(=O)[C@H](CCCCN)NC(=O)CNC(=O)[C@H]([C@@H](C)O)NC(=O)[C@@H]2CCCN2C(=O)[C@H](CC(=O)O)NC(=O)[C@H](CCC(N)=O)NC(=O)[C@H](CC(=O)O)NC(=O)[C@H](Cc2ccc(O)cc2)NC(=O)CNC1=O. The maximum atomic E-state index is 15.1. The van der Waals surface area contributed by atoms with Crippen molar-refractivity contribution in [1.82, 2.24) is 88.9 Å². The van der Waals surface area contributed by atoms with Crippen molar-refractivity contribution < 1.29 is 112 Å². The van der Waals surface area contributed by atoms with Gasteiger partial charge in [0, 0.05) is 57.1 Å². The first-order chi connectivity index (χ1) is 57.5. The lowest BCUT2D eigenvalue weighted by atomic mass is 9.97. The van der Waals surface area contributed by atoms with Gasteiger partial charge in [-0.1, -0.05) is 74.9 Å². The van der Waals surface area contributed by atoms with Gasteiger partial charge in [-0.2, -0.15) is 0 Å². The zero-order chi connectivity index (χ0) is 88.7.